The van der Waals surface area contributed by atoms with E-state index in [1.54, 1.807) is 12.1 Å². The molecule has 1 aromatic carbocycles. The number of carbonyl (C=O) groups is 1. The average molecular weight is 252 g/mol. The smallest absolute Gasteiger partial charge is 0.337 e. The Kier molecular flexibility index (Phi) is 5.82. The lowest BCUT2D eigenvalue weighted by Gasteiger charge is -2.16. The fraction of sp³-hybridized carbons (Fsp3) is 0.500. The number of carbonyl (C=O) groups excluding carboxylic acids is 1. The SMILES string of the molecule is CCCCc1ccc(C(O)C(O)C(=O)OC)cc1. The molecule has 4 nitrogen and oxygen atoms in total. The highest BCUT2D eigenvalue weighted by Gasteiger charge is 2.26. The summed E-state index contributed by atoms with van der Waals surface area (Å²) in [4.78, 5) is 11.1. The first kappa shape index (κ1) is 14.7. The van der Waals surface area contributed by atoms with Crippen LogP contribution in [0.25, 0.3) is 0 Å². The maximum Gasteiger partial charge on any atom is 0.337 e. The van der Waals surface area contributed by atoms with Crippen LogP contribution in [-0.2, 0) is 16.0 Å². The van der Waals surface area contributed by atoms with E-state index in [1.165, 1.54) is 12.7 Å². The van der Waals surface area contributed by atoms with Gasteiger partial charge in [0.05, 0.1) is 7.11 Å². The summed E-state index contributed by atoms with van der Waals surface area (Å²) in [6, 6.07) is 7.25. The molecule has 0 saturated heterocycles. The maximum absolute atomic E-state index is 11.1. The Morgan fingerprint density at radius 3 is 2.39 bits per heavy atom. The Labute approximate surface area is 107 Å². The summed E-state index contributed by atoms with van der Waals surface area (Å²) in [6.07, 6.45) is 0.444. The Hall–Kier alpha value is -1.39. The van der Waals surface area contributed by atoms with Crippen LogP contribution in [0.4, 0.5) is 0 Å². The molecule has 0 aliphatic heterocycles. The minimum atomic E-state index is -1.54. The fourth-order valence-electron chi connectivity index (χ4n) is 1.69. The Bertz CT molecular complexity index is 372. The van der Waals surface area contributed by atoms with Crippen molar-refractivity contribution in [2.75, 3.05) is 7.11 Å². The van der Waals surface area contributed by atoms with Crippen LogP contribution in [0.2, 0.25) is 0 Å². The molecule has 0 spiro atoms. The van der Waals surface area contributed by atoms with Crippen LogP contribution in [0.5, 0.6) is 0 Å². The molecule has 4 heteroatoms. The van der Waals surface area contributed by atoms with Gasteiger partial charge in [0.1, 0.15) is 6.10 Å². The summed E-state index contributed by atoms with van der Waals surface area (Å²) in [6.45, 7) is 2.13. The summed E-state index contributed by atoms with van der Waals surface area (Å²) >= 11 is 0. The van der Waals surface area contributed by atoms with Crippen molar-refractivity contribution < 1.29 is 19.7 Å². The highest BCUT2D eigenvalue weighted by atomic mass is 16.5. The molecule has 100 valence electrons. The molecule has 0 bridgehead atoms. The van der Waals surface area contributed by atoms with Gasteiger partial charge in [-0.2, -0.15) is 0 Å². The first-order valence-corrected chi connectivity index (χ1v) is 6.13. The van der Waals surface area contributed by atoms with Crippen LogP contribution in [0.3, 0.4) is 0 Å². The summed E-state index contributed by atoms with van der Waals surface area (Å²) in [5.41, 5.74) is 1.69. The highest BCUT2D eigenvalue weighted by Crippen LogP contribution is 2.19. The highest BCUT2D eigenvalue weighted by molar-refractivity contribution is 5.75. The van der Waals surface area contributed by atoms with Gasteiger partial charge in [-0.15, -0.1) is 0 Å². The number of ether oxygens (including phenoxy) is 1. The number of hydrogen-bond acceptors (Lipinski definition) is 4. The fourth-order valence-corrected chi connectivity index (χ4v) is 1.69. The molecule has 2 unspecified atom stereocenters. The molecule has 18 heavy (non-hydrogen) atoms. The molecule has 2 N–H and O–H groups in total. The molecule has 0 saturated carbocycles. The monoisotopic (exact) mass is 252 g/mol. The van der Waals surface area contributed by atoms with Crippen LogP contribution in [-0.4, -0.2) is 29.4 Å². The van der Waals surface area contributed by atoms with Crippen LogP contribution >= 0.6 is 0 Å². The van der Waals surface area contributed by atoms with E-state index in [9.17, 15) is 15.0 Å². The Balaban J connectivity index is 2.69. The van der Waals surface area contributed by atoms with Crippen LogP contribution in [0.1, 0.15) is 37.0 Å². The molecule has 0 aliphatic rings. The zero-order valence-electron chi connectivity index (χ0n) is 10.8. The number of unbranched alkanes of at least 4 members (excludes halogenated alkanes) is 1. The van der Waals surface area contributed by atoms with E-state index in [2.05, 4.69) is 11.7 Å². The van der Waals surface area contributed by atoms with E-state index in [-0.39, 0.29) is 0 Å². The minimum absolute atomic E-state index is 0.508. The number of aryl methyl sites for hydroxylation is 1. The average Bonchev–Trinajstić information content (AvgIpc) is 2.43. The van der Waals surface area contributed by atoms with E-state index in [4.69, 9.17) is 0 Å². The summed E-state index contributed by atoms with van der Waals surface area (Å²) < 4.78 is 4.38. The lowest BCUT2D eigenvalue weighted by molar-refractivity contribution is -0.156. The molecule has 1 rings (SSSR count). The van der Waals surface area contributed by atoms with Crippen molar-refractivity contribution in [2.45, 2.75) is 38.4 Å². The van der Waals surface area contributed by atoms with Crippen molar-refractivity contribution in [1.29, 1.82) is 0 Å². The molecule has 0 fully saturated rings. The van der Waals surface area contributed by atoms with E-state index in [0.717, 1.165) is 19.3 Å². The van der Waals surface area contributed by atoms with E-state index in [0.29, 0.717) is 5.56 Å². The van der Waals surface area contributed by atoms with Gasteiger partial charge in [-0.1, -0.05) is 37.6 Å². The summed E-state index contributed by atoms with van der Waals surface area (Å²) in [5.74, 6) is -0.836. The van der Waals surface area contributed by atoms with Gasteiger partial charge in [-0.25, -0.2) is 4.79 Å². The number of rotatable bonds is 6. The van der Waals surface area contributed by atoms with Crippen molar-refractivity contribution >= 4 is 5.97 Å². The molecule has 0 radical (unpaired) electrons. The normalized spacial score (nSPS) is 14.0. The van der Waals surface area contributed by atoms with Crippen molar-refractivity contribution in [3.63, 3.8) is 0 Å². The predicted molar refractivity (Wildman–Crippen MR) is 68.0 cm³/mol. The summed E-state index contributed by atoms with van der Waals surface area (Å²) in [7, 11) is 1.17. The van der Waals surface area contributed by atoms with Gasteiger partial charge in [-0.05, 0) is 24.0 Å². The molecule has 0 aliphatic carbocycles. The minimum Gasteiger partial charge on any atom is -0.467 e. The lowest BCUT2D eigenvalue weighted by Crippen LogP contribution is -2.29. The quantitative estimate of drug-likeness (QED) is 0.755. The Morgan fingerprint density at radius 1 is 1.28 bits per heavy atom. The standard InChI is InChI=1S/C14H20O4/c1-3-4-5-10-6-8-11(9-7-10)12(15)13(16)14(17)18-2/h6-9,12-13,15-16H,3-5H2,1-2H3. The first-order valence-electron chi connectivity index (χ1n) is 6.13. The van der Waals surface area contributed by atoms with Crippen molar-refractivity contribution in [3.8, 4) is 0 Å². The molecular formula is C14H20O4. The van der Waals surface area contributed by atoms with E-state index in [1.807, 2.05) is 12.1 Å². The number of esters is 1. The van der Waals surface area contributed by atoms with Crippen molar-refractivity contribution in [3.05, 3.63) is 35.4 Å². The third-order valence-electron chi connectivity index (χ3n) is 2.88. The molecule has 0 heterocycles. The molecule has 0 aromatic heterocycles. The largest absolute Gasteiger partial charge is 0.467 e. The topological polar surface area (TPSA) is 66.8 Å². The second-order valence-electron chi connectivity index (χ2n) is 4.26. The lowest BCUT2D eigenvalue weighted by atomic mass is 10.0. The zero-order valence-corrected chi connectivity index (χ0v) is 10.8. The number of hydrogen-bond donors (Lipinski definition) is 2. The maximum atomic E-state index is 11.1. The van der Waals surface area contributed by atoms with Crippen LogP contribution in [0.15, 0.2) is 24.3 Å². The van der Waals surface area contributed by atoms with Crippen molar-refractivity contribution in [1.82, 2.24) is 0 Å². The van der Waals surface area contributed by atoms with Gasteiger partial charge in [0, 0.05) is 0 Å². The van der Waals surface area contributed by atoms with E-state index < -0.39 is 18.2 Å². The van der Waals surface area contributed by atoms with Crippen LogP contribution in [0, 0.1) is 0 Å². The van der Waals surface area contributed by atoms with Gasteiger partial charge in [0.25, 0.3) is 0 Å². The third-order valence-corrected chi connectivity index (χ3v) is 2.88. The molecule has 2 atom stereocenters. The van der Waals surface area contributed by atoms with Crippen molar-refractivity contribution in [2.24, 2.45) is 0 Å². The second kappa shape index (κ2) is 7.13. The molecular weight excluding hydrogens is 232 g/mol. The second-order valence-corrected chi connectivity index (χ2v) is 4.26. The van der Waals surface area contributed by atoms with Gasteiger partial charge in [0.2, 0.25) is 0 Å². The Morgan fingerprint density at radius 2 is 1.89 bits per heavy atom. The first-order chi connectivity index (χ1) is 8.60. The van der Waals surface area contributed by atoms with Gasteiger partial charge >= 0.3 is 5.97 Å². The number of aliphatic hydroxyl groups is 2. The predicted octanol–water partition coefficient (Wildman–Crippen LogP) is 1.60. The van der Waals surface area contributed by atoms with Crippen LogP contribution < -0.4 is 0 Å². The van der Waals surface area contributed by atoms with Gasteiger partial charge < -0.3 is 14.9 Å². The zero-order chi connectivity index (χ0) is 13.5. The molecule has 1 aromatic rings. The third kappa shape index (κ3) is 3.82. The van der Waals surface area contributed by atoms with E-state index >= 15 is 0 Å². The number of aliphatic hydroxyl groups excluding tert-OH is 2. The summed E-state index contributed by atoms with van der Waals surface area (Å²) in [5, 5.41) is 19.3. The number of methoxy groups -OCH3 is 1. The number of benzene rings is 1. The molecule has 0 amide bonds. The van der Waals surface area contributed by atoms with Gasteiger partial charge in [-0.3, -0.25) is 0 Å². The van der Waals surface area contributed by atoms with Gasteiger partial charge in [0.15, 0.2) is 6.10 Å².